The number of hydrogen-bond acceptors (Lipinski definition) is 3. The van der Waals surface area contributed by atoms with Gasteiger partial charge in [-0.15, -0.1) is 0 Å². The number of halogens is 1. The number of fused-ring (bicyclic) bond motifs is 1. The Bertz CT molecular complexity index is 739. The van der Waals surface area contributed by atoms with Crippen LogP contribution in [-0.2, 0) is 0 Å². The van der Waals surface area contributed by atoms with Crippen LogP contribution in [0.3, 0.4) is 0 Å². The maximum atomic E-state index is 12.9. The normalized spacial score (nSPS) is 15.6. The molecule has 2 aromatic rings. The van der Waals surface area contributed by atoms with Crippen molar-refractivity contribution in [2.45, 2.75) is 19.4 Å². The van der Waals surface area contributed by atoms with Crippen molar-refractivity contribution in [2.24, 2.45) is 0 Å². The molecule has 0 aliphatic carbocycles. The van der Waals surface area contributed by atoms with Crippen LogP contribution in [0.15, 0.2) is 45.6 Å². The van der Waals surface area contributed by atoms with E-state index in [1.54, 1.807) is 24.3 Å². The molecule has 0 radical (unpaired) electrons. The zero-order chi connectivity index (χ0) is 14.3. The van der Waals surface area contributed by atoms with Gasteiger partial charge in [-0.2, -0.15) is 0 Å². The average molecular weight is 272 g/mol. The molecule has 0 amide bonds. The molecule has 1 aliphatic rings. The lowest BCUT2D eigenvalue weighted by atomic mass is 10.0. The molecular formula is C16H13FO3. The lowest BCUT2D eigenvalue weighted by Gasteiger charge is -2.27. The van der Waals surface area contributed by atoms with Gasteiger partial charge in [-0.1, -0.05) is 0 Å². The Morgan fingerprint density at radius 1 is 1.15 bits per heavy atom. The van der Waals surface area contributed by atoms with Crippen molar-refractivity contribution in [3.63, 3.8) is 0 Å². The summed E-state index contributed by atoms with van der Waals surface area (Å²) in [5.41, 5.74) is 0.0898. The summed E-state index contributed by atoms with van der Waals surface area (Å²) in [7, 11) is 0. The molecule has 0 N–H and O–H groups in total. The second kappa shape index (κ2) is 4.34. The first kappa shape index (κ1) is 12.7. The molecule has 4 heteroatoms. The molecule has 2 heterocycles. The molecule has 1 aromatic heterocycles. The Kier molecular flexibility index (Phi) is 2.74. The SMILES string of the molecule is CC1(C)C=Cc2c(cc(-c3ccc(F)cc3)oc2=O)O1. The number of rotatable bonds is 1. The molecule has 3 rings (SSSR count). The predicted molar refractivity (Wildman–Crippen MR) is 74.1 cm³/mol. The van der Waals surface area contributed by atoms with Gasteiger partial charge in [0.05, 0.1) is 0 Å². The summed E-state index contributed by atoms with van der Waals surface area (Å²) in [6.45, 7) is 3.80. The largest absolute Gasteiger partial charge is 0.483 e. The van der Waals surface area contributed by atoms with E-state index >= 15 is 0 Å². The molecule has 0 bridgehead atoms. The van der Waals surface area contributed by atoms with Crippen molar-refractivity contribution in [1.82, 2.24) is 0 Å². The predicted octanol–water partition coefficient (Wildman–Crippen LogP) is 3.63. The zero-order valence-electron chi connectivity index (χ0n) is 11.1. The Labute approximate surface area is 115 Å². The fourth-order valence-electron chi connectivity index (χ4n) is 2.07. The van der Waals surface area contributed by atoms with E-state index in [2.05, 4.69) is 0 Å². The van der Waals surface area contributed by atoms with Crippen LogP contribution in [0, 0.1) is 5.82 Å². The topological polar surface area (TPSA) is 39.4 Å². The molecule has 0 spiro atoms. The Balaban J connectivity index is 2.12. The summed E-state index contributed by atoms with van der Waals surface area (Å²) >= 11 is 0. The van der Waals surface area contributed by atoms with Gasteiger partial charge in [0.2, 0.25) is 0 Å². The minimum Gasteiger partial charge on any atom is -0.483 e. The van der Waals surface area contributed by atoms with Crippen LogP contribution in [0.5, 0.6) is 5.75 Å². The quantitative estimate of drug-likeness (QED) is 0.795. The lowest BCUT2D eigenvalue weighted by molar-refractivity contribution is 0.157. The third kappa shape index (κ3) is 2.25. The van der Waals surface area contributed by atoms with E-state index in [0.717, 1.165) is 0 Å². The molecule has 0 saturated heterocycles. The molecule has 0 saturated carbocycles. The maximum Gasteiger partial charge on any atom is 0.347 e. The first-order valence-electron chi connectivity index (χ1n) is 6.27. The van der Waals surface area contributed by atoms with Crippen LogP contribution >= 0.6 is 0 Å². The Hall–Kier alpha value is -2.36. The van der Waals surface area contributed by atoms with Crippen molar-refractivity contribution in [2.75, 3.05) is 0 Å². The number of ether oxygens (including phenoxy) is 1. The molecule has 0 atom stereocenters. The van der Waals surface area contributed by atoms with Crippen molar-refractivity contribution >= 4 is 6.08 Å². The van der Waals surface area contributed by atoms with E-state index in [9.17, 15) is 9.18 Å². The number of benzene rings is 1. The molecule has 3 nitrogen and oxygen atoms in total. The second-order valence-corrected chi connectivity index (χ2v) is 5.22. The van der Waals surface area contributed by atoms with E-state index < -0.39 is 11.2 Å². The smallest absolute Gasteiger partial charge is 0.347 e. The molecule has 1 aromatic carbocycles. The number of hydrogen-bond donors (Lipinski definition) is 0. The summed E-state index contributed by atoms with van der Waals surface area (Å²) in [5.74, 6) is 0.502. The van der Waals surface area contributed by atoms with E-state index in [0.29, 0.717) is 22.6 Å². The first-order valence-corrected chi connectivity index (χ1v) is 6.27. The van der Waals surface area contributed by atoms with Gasteiger partial charge in [-0.25, -0.2) is 9.18 Å². The highest BCUT2D eigenvalue weighted by Crippen LogP contribution is 2.32. The van der Waals surface area contributed by atoms with Crippen LogP contribution in [0.25, 0.3) is 17.4 Å². The Morgan fingerprint density at radius 3 is 2.55 bits per heavy atom. The zero-order valence-corrected chi connectivity index (χ0v) is 11.1. The molecule has 0 fully saturated rings. The summed E-state index contributed by atoms with van der Waals surface area (Å²) in [6.07, 6.45) is 3.52. The summed E-state index contributed by atoms with van der Waals surface area (Å²) in [4.78, 5) is 12.0. The summed E-state index contributed by atoms with van der Waals surface area (Å²) < 4.78 is 24.0. The highest BCUT2D eigenvalue weighted by molar-refractivity contribution is 5.65. The van der Waals surface area contributed by atoms with E-state index in [1.807, 2.05) is 19.9 Å². The van der Waals surface area contributed by atoms with Crippen molar-refractivity contribution < 1.29 is 13.5 Å². The van der Waals surface area contributed by atoms with Gasteiger partial charge < -0.3 is 9.15 Å². The first-order chi connectivity index (χ1) is 9.44. The van der Waals surface area contributed by atoms with Crippen LogP contribution in [0.4, 0.5) is 4.39 Å². The lowest BCUT2D eigenvalue weighted by Crippen LogP contribution is -2.29. The summed E-state index contributed by atoms with van der Waals surface area (Å²) in [5, 5.41) is 0. The monoisotopic (exact) mass is 272 g/mol. The standard InChI is InChI=1S/C16H13FO3/c1-16(2)8-7-12-14(20-16)9-13(19-15(12)18)10-3-5-11(17)6-4-10/h3-9H,1-2H3. The van der Waals surface area contributed by atoms with Crippen LogP contribution < -0.4 is 10.4 Å². The third-order valence-electron chi connectivity index (χ3n) is 3.10. The van der Waals surface area contributed by atoms with Crippen LogP contribution in [0.2, 0.25) is 0 Å². The van der Waals surface area contributed by atoms with Gasteiger partial charge >= 0.3 is 5.63 Å². The van der Waals surface area contributed by atoms with E-state index in [1.165, 1.54) is 12.1 Å². The minimum atomic E-state index is -0.471. The van der Waals surface area contributed by atoms with E-state index in [-0.39, 0.29) is 5.82 Å². The van der Waals surface area contributed by atoms with Crippen molar-refractivity contribution in [1.29, 1.82) is 0 Å². The van der Waals surface area contributed by atoms with Gasteiger partial charge in [0, 0.05) is 11.6 Å². The van der Waals surface area contributed by atoms with Gasteiger partial charge in [0.15, 0.2) is 0 Å². The third-order valence-corrected chi connectivity index (χ3v) is 3.10. The summed E-state index contributed by atoms with van der Waals surface area (Å²) in [6, 6.07) is 7.42. The van der Waals surface area contributed by atoms with Crippen LogP contribution in [-0.4, -0.2) is 5.60 Å². The fraction of sp³-hybridized carbons (Fsp3) is 0.188. The van der Waals surface area contributed by atoms with Crippen LogP contribution in [0.1, 0.15) is 19.4 Å². The maximum absolute atomic E-state index is 12.9. The second-order valence-electron chi connectivity index (χ2n) is 5.22. The van der Waals surface area contributed by atoms with Gasteiger partial charge in [-0.05, 0) is 50.3 Å². The Morgan fingerprint density at radius 2 is 1.85 bits per heavy atom. The molecule has 20 heavy (non-hydrogen) atoms. The highest BCUT2D eigenvalue weighted by Gasteiger charge is 2.24. The molecule has 0 unspecified atom stereocenters. The average Bonchev–Trinajstić information content (AvgIpc) is 2.37. The fourth-order valence-corrected chi connectivity index (χ4v) is 2.07. The highest BCUT2D eigenvalue weighted by atomic mass is 19.1. The van der Waals surface area contributed by atoms with Gasteiger partial charge in [0.1, 0.15) is 28.5 Å². The minimum absolute atomic E-state index is 0.339. The molecular weight excluding hydrogens is 259 g/mol. The van der Waals surface area contributed by atoms with Crippen molar-refractivity contribution in [3.8, 4) is 17.1 Å². The van der Waals surface area contributed by atoms with Crippen molar-refractivity contribution in [3.05, 3.63) is 58.2 Å². The molecule has 102 valence electrons. The molecule has 1 aliphatic heterocycles. The van der Waals surface area contributed by atoms with Gasteiger partial charge in [-0.3, -0.25) is 0 Å². The van der Waals surface area contributed by atoms with E-state index in [4.69, 9.17) is 9.15 Å². The van der Waals surface area contributed by atoms with Gasteiger partial charge in [0.25, 0.3) is 0 Å².